The van der Waals surface area contributed by atoms with Crippen LogP contribution in [0.1, 0.15) is 5.56 Å². The standard InChI is InChI=1S/C18H18N2O3S/c21-15(11-23-14-9-5-2-6-10-14)19-16-17(22)20-18(16)24-12-13-7-3-1-4-8-13/h1-10,16,18H,11-12H2,(H,19,21)(H,20,22)/t16-,18-/m1/s1. The first-order valence-corrected chi connectivity index (χ1v) is 8.70. The number of carbonyl (C=O) groups is 2. The first-order valence-electron chi connectivity index (χ1n) is 7.65. The predicted octanol–water partition coefficient (Wildman–Crippen LogP) is 1.94. The summed E-state index contributed by atoms with van der Waals surface area (Å²) >= 11 is 1.60. The summed E-state index contributed by atoms with van der Waals surface area (Å²) in [5.74, 6) is 0.942. The van der Waals surface area contributed by atoms with Crippen molar-refractivity contribution in [2.75, 3.05) is 6.61 Å². The third-order valence-electron chi connectivity index (χ3n) is 3.57. The summed E-state index contributed by atoms with van der Waals surface area (Å²) in [5, 5.41) is 5.42. The Morgan fingerprint density at radius 1 is 1.08 bits per heavy atom. The molecule has 24 heavy (non-hydrogen) atoms. The quantitative estimate of drug-likeness (QED) is 0.755. The Balaban J connectivity index is 1.44. The maximum Gasteiger partial charge on any atom is 0.258 e. The van der Waals surface area contributed by atoms with Crippen molar-refractivity contribution in [1.29, 1.82) is 0 Å². The SMILES string of the molecule is O=C(COc1ccccc1)N[C@@H]1C(=O)N[C@@H]1SCc1ccccc1. The molecule has 3 rings (SSSR count). The van der Waals surface area contributed by atoms with E-state index in [0.717, 1.165) is 5.75 Å². The highest BCUT2D eigenvalue weighted by Crippen LogP contribution is 2.24. The molecule has 0 saturated carbocycles. The molecular weight excluding hydrogens is 324 g/mol. The number of carbonyl (C=O) groups excluding carboxylic acids is 2. The fraction of sp³-hybridized carbons (Fsp3) is 0.222. The van der Waals surface area contributed by atoms with E-state index in [1.54, 1.807) is 23.9 Å². The number of hydrogen-bond donors (Lipinski definition) is 2. The maximum atomic E-state index is 12.0. The lowest BCUT2D eigenvalue weighted by molar-refractivity contribution is -0.134. The number of β-lactam (4-membered cyclic amide) rings is 1. The van der Waals surface area contributed by atoms with E-state index in [4.69, 9.17) is 4.74 Å². The van der Waals surface area contributed by atoms with E-state index in [2.05, 4.69) is 10.6 Å². The highest BCUT2D eigenvalue weighted by molar-refractivity contribution is 7.99. The minimum Gasteiger partial charge on any atom is -0.484 e. The lowest BCUT2D eigenvalue weighted by Gasteiger charge is -2.36. The van der Waals surface area contributed by atoms with Crippen LogP contribution in [0.3, 0.4) is 0 Å². The molecular formula is C18H18N2O3S. The molecule has 1 aliphatic rings. The minimum absolute atomic E-state index is 0.107. The van der Waals surface area contributed by atoms with E-state index in [0.29, 0.717) is 5.75 Å². The van der Waals surface area contributed by atoms with Crippen LogP contribution in [-0.2, 0) is 15.3 Å². The van der Waals surface area contributed by atoms with Gasteiger partial charge in [-0.25, -0.2) is 0 Å². The van der Waals surface area contributed by atoms with Gasteiger partial charge in [-0.05, 0) is 17.7 Å². The van der Waals surface area contributed by atoms with Gasteiger partial charge in [0.15, 0.2) is 6.61 Å². The number of para-hydroxylation sites is 1. The fourth-order valence-electron chi connectivity index (χ4n) is 2.27. The molecule has 1 saturated heterocycles. The van der Waals surface area contributed by atoms with Crippen LogP contribution < -0.4 is 15.4 Å². The minimum atomic E-state index is -0.509. The predicted molar refractivity (Wildman–Crippen MR) is 93.5 cm³/mol. The van der Waals surface area contributed by atoms with Gasteiger partial charge in [0.2, 0.25) is 5.91 Å². The van der Waals surface area contributed by atoms with Crippen LogP contribution in [0.5, 0.6) is 5.75 Å². The Labute approximate surface area is 144 Å². The molecule has 2 amide bonds. The van der Waals surface area contributed by atoms with Crippen LogP contribution in [0.4, 0.5) is 0 Å². The molecule has 2 aromatic rings. The van der Waals surface area contributed by atoms with Gasteiger partial charge in [0.05, 0.1) is 0 Å². The smallest absolute Gasteiger partial charge is 0.258 e. The second kappa shape index (κ2) is 7.88. The summed E-state index contributed by atoms with van der Waals surface area (Å²) in [5.41, 5.74) is 1.18. The summed E-state index contributed by atoms with van der Waals surface area (Å²) in [7, 11) is 0. The number of benzene rings is 2. The molecule has 0 aliphatic carbocycles. The van der Waals surface area contributed by atoms with E-state index in [1.165, 1.54) is 5.56 Å². The first kappa shape index (κ1) is 16.4. The maximum absolute atomic E-state index is 12.0. The van der Waals surface area contributed by atoms with Crippen molar-refractivity contribution in [2.45, 2.75) is 17.2 Å². The number of rotatable bonds is 7. The molecule has 2 atom stereocenters. The zero-order chi connectivity index (χ0) is 16.8. The average molecular weight is 342 g/mol. The van der Waals surface area contributed by atoms with Gasteiger partial charge in [-0.2, -0.15) is 0 Å². The number of hydrogen-bond acceptors (Lipinski definition) is 4. The number of thioether (sulfide) groups is 1. The van der Waals surface area contributed by atoms with Crippen molar-refractivity contribution in [1.82, 2.24) is 10.6 Å². The van der Waals surface area contributed by atoms with E-state index in [-0.39, 0.29) is 23.8 Å². The second-order valence-corrected chi connectivity index (χ2v) is 6.50. The Hall–Kier alpha value is -2.47. The van der Waals surface area contributed by atoms with Gasteiger partial charge >= 0.3 is 0 Å². The van der Waals surface area contributed by atoms with Gasteiger partial charge in [-0.1, -0.05) is 48.5 Å². The van der Waals surface area contributed by atoms with Crippen LogP contribution in [0.25, 0.3) is 0 Å². The van der Waals surface area contributed by atoms with Crippen molar-refractivity contribution >= 4 is 23.6 Å². The van der Waals surface area contributed by atoms with Gasteiger partial charge in [-0.3, -0.25) is 9.59 Å². The van der Waals surface area contributed by atoms with Gasteiger partial charge in [0.25, 0.3) is 5.91 Å². The molecule has 0 radical (unpaired) electrons. The van der Waals surface area contributed by atoms with Crippen LogP contribution in [0.2, 0.25) is 0 Å². The Kier molecular flexibility index (Phi) is 5.38. The zero-order valence-electron chi connectivity index (χ0n) is 13.0. The molecule has 0 bridgehead atoms. The van der Waals surface area contributed by atoms with E-state index < -0.39 is 6.04 Å². The number of amides is 2. The topological polar surface area (TPSA) is 67.4 Å². The normalized spacial score (nSPS) is 19.1. The first-order chi connectivity index (χ1) is 11.7. The molecule has 6 heteroatoms. The molecule has 2 aromatic carbocycles. The Bertz CT molecular complexity index is 694. The summed E-state index contributed by atoms with van der Waals surface area (Å²) in [4.78, 5) is 23.6. The van der Waals surface area contributed by atoms with E-state index in [1.807, 2.05) is 48.5 Å². The highest BCUT2D eigenvalue weighted by atomic mass is 32.2. The van der Waals surface area contributed by atoms with Crippen LogP contribution in [0, 0.1) is 0 Å². The molecule has 124 valence electrons. The summed E-state index contributed by atoms with van der Waals surface area (Å²) < 4.78 is 5.39. The van der Waals surface area contributed by atoms with Crippen molar-refractivity contribution in [3.05, 3.63) is 66.2 Å². The van der Waals surface area contributed by atoms with Gasteiger partial charge < -0.3 is 15.4 Å². The highest BCUT2D eigenvalue weighted by Gasteiger charge is 2.40. The van der Waals surface area contributed by atoms with Crippen LogP contribution >= 0.6 is 11.8 Å². The summed E-state index contributed by atoms with van der Waals surface area (Å²) in [6.07, 6.45) is 0. The van der Waals surface area contributed by atoms with Crippen LogP contribution in [0.15, 0.2) is 60.7 Å². The lowest BCUT2D eigenvalue weighted by Crippen LogP contribution is -2.68. The third kappa shape index (κ3) is 4.29. The molecule has 2 N–H and O–H groups in total. The molecule has 1 fully saturated rings. The molecule has 0 aromatic heterocycles. The van der Waals surface area contributed by atoms with E-state index in [9.17, 15) is 9.59 Å². The van der Waals surface area contributed by atoms with E-state index >= 15 is 0 Å². The fourth-order valence-corrected chi connectivity index (χ4v) is 3.42. The average Bonchev–Trinajstić information content (AvgIpc) is 2.63. The molecule has 0 unspecified atom stereocenters. The third-order valence-corrected chi connectivity index (χ3v) is 4.82. The zero-order valence-corrected chi connectivity index (χ0v) is 13.8. The van der Waals surface area contributed by atoms with Gasteiger partial charge in [0.1, 0.15) is 17.2 Å². The van der Waals surface area contributed by atoms with Crippen LogP contribution in [-0.4, -0.2) is 29.8 Å². The number of nitrogens with one attached hydrogen (secondary N) is 2. The van der Waals surface area contributed by atoms with Crippen molar-refractivity contribution < 1.29 is 14.3 Å². The van der Waals surface area contributed by atoms with Gasteiger partial charge in [-0.15, -0.1) is 11.8 Å². The Morgan fingerprint density at radius 3 is 2.42 bits per heavy atom. The number of ether oxygens (including phenoxy) is 1. The monoisotopic (exact) mass is 342 g/mol. The molecule has 0 spiro atoms. The molecule has 1 aliphatic heterocycles. The lowest BCUT2D eigenvalue weighted by atomic mass is 10.1. The second-order valence-electron chi connectivity index (χ2n) is 5.37. The largest absolute Gasteiger partial charge is 0.484 e. The van der Waals surface area contributed by atoms with Crippen molar-refractivity contribution in [3.8, 4) is 5.75 Å². The molecule has 1 heterocycles. The Morgan fingerprint density at radius 2 is 1.75 bits per heavy atom. The van der Waals surface area contributed by atoms with Crippen molar-refractivity contribution in [2.24, 2.45) is 0 Å². The van der Waals surface area contributed by atoms with Crippen molar-refractivity contribution in [3.63, 3.8) is 0 Å². The van der Waals surface area contributed by atoms with Gasteiger partial charge in [0, 0.05) is 5.75 Å². The molecule has 5 nitrogen and oxygen atoms in total. The summed E-state index contributed by atoms with van der Waals surface area (Å²) in [6.45, 7) is -0.107. The summed E-state index contributed by atoms with van der Waals surface area (Å²) in [6, 6.07) is 18.6.